The number of carbonyl (C=O) groups excluding carboxylic acids is 3. The van der Waals surface area contributed by atoms with E-state index in [1.54, 1.807) is 29.3 Å². The summed E-state index contributed by atoms with van der Waals surface area (Å²) in [5.41, 5.74) is 0.688. The van der Waals surface area contributed by atoms with Crippen molar-refractivity contribution in [2.75, 3.05) is 25.0 Å². The molecule has 0 atom stereocenters. The first-order valence-electron chi connectivity index (χ1n) is 17.2. The standard InChI is InChI=1S/C37H50N4O5S/c1-24-6-8-25(9-7-24)35(43)41(31-23-30(14-18-37(2,3)4)47-33(31)36(44)45)28-10-12-29(13-11-28)46-32-22-26(15-19-38-32)34(42)39-27-16-20-40(5)21-17-27/h15,19,22-25,27-29H,6-13,16-17,20-21H2,1-5H3,(H,39,42)(H,44,45)/p-1. The predicted molar refractivity (Wildman–Crippen MR) is 182 cm³/mol. The lowest BCUT2D eigenvalue weighted by Crippen LogP contribution is -2.47. The third-order valence-electron chi connectivity index (χ3n) is 9.67. The van der Waals surface area contributed by atoms with E-state index in [0.29, 0.717) is 53.6 Å². The van der Waals surface area contributed by atoms with Gasteiger partial charge in [-0.25, -0.2) is 4.98 Å². The van der Waals surface area contributed by atoms with Gasteiger partial charge in [-0.3, -0.25) is 9.59 Å². The van der Waals surface area contributed by atoms with Crippen molar-refractivity contribution in [3.05, 3.63) is 39.7 Å². The maximum absolute atomic E-state index is 14.2. The quantitative estimate of drug-likeness (QED) is 0.383. The first kappa shape index (κ1) is 34.9. The van der Waals surface area contributed by atoms with Crippen molar-refractivity contribution < 1.29 is 24.2 Å². The Morgan fingerprint density at radius 1 is 1.02 bits per heavy atom. The van der Waals surface area contributed by atoms with Crippen LogP contribution in [0.15, 0.2) is 24.4 Å². The van der Waals surface area contributed by atoms with Gasteiger partial charge in [-0.2, -0.15) is 0 Å². The molecule has 47 heavy (non-hydrogen) atoms. The molecule has 2 amide bonds. The molecule has 254 valence electrons. The molecule has 0 spiro atoms. The van der Waals surface area contributed by atoms with Crippen molar-refractivity contribution >= 4 is 34.8 Å². The fourth-order valence-electron chi connectivity index (χ4n) is 6.85. The van der Waals surface area contributed by atoms with Crippen LogP contribution in [0.3, 0.4) is 0 Å². The Hall–Kier alpha value is -3.42. The summed E-state index contributed by atoms with van der Waals surface area (Å²) in [6.07, 6.45) is 9.59. The number of hydrogen-bond donors (Lipinski definition) is 1. The van der Waals surface area contributed by atoms with Crippen LogP contribution in [0.25, 0.3) is 0 Å². The molecule has 3 aliphatic rings. The summed E-state index contributed by atoms with van der Waals surface area (Å²) < 4.78 is 6.28. The Balaban J connectivity index is 1.30. The third kappa shape index (κ3) is 9.35. The van der Waals surface area contributed by atoms with Crippen LogP contribution in [0.5, 0.6) is 5.88 Å². The van der Waals surface area contributed by atoms with Crippen molar-refractivity contribution in [2.24, 2.45) is 17.3 Å². The van der Waals surface area contributed by atoms with Crippen LogP contribution in [0.1, 0.15) is 117 Å². The monoisotopic (exact) mass is 661 g/mol. The Labute approximate surface area is 283 Å². The van der Waals surface area contributed by atoms with E-state index in [4.69, 9.17) is 4.74 Å². The van der Waals surface area contributed by atoms with Gasteiger partial charge < -0.3 is 29.8 Å². The predicted octanol–water partition coefficient (Wildman–Crippen LogP) is 5.28. The van der Waals surface area contributed by atoms with Gasteiger partial charge in [0, 0.05) is 41.2 Å². The molecule has 0 unspecified atom stereocenters. The topological polar surface area (TPSA) is 115 Å². The van der Waals surface area contributed by atoms with Gasteiger partial charge >= 0.3 is 0 Å². The molecule has 1 saturated heterocycles. The minimum Gasteiger partial charge on any atom is -0.544 e. The number of piperidine rings is 1. The number of carboxylic acids is 1. The van der Waals surface area contributed by atoms with Crippen molar-refractivity contribution in [3.8, 4) is 17.7 Å². The lowest BCUT2D eigenvalue weighted by Gasteiger charge is -2.39. The van der Waals surface area contributed by atoms with E-state index in [1.807, 2.05) is 20.8 Å². The molecule has 5 rings (SSSR count). The van der Waals surface area contributed by atoms with Crippen molar-refractivity contribution in [1.29, 1.82) is 0 Å². The molecular weight excluding hydrogens is 612 g/mol. The van der Waals surface area contributed by atoms with Gasteiger partial charge in [-0.1, -0.05) is 18.8 Å². The number of aromatic carboxylic acids is 1. The average Bonchev–Trinajstić information content (AvgIpc) is 3.46. The van der Waals surface area contributed by atoms with Crippen molar-refractivity contribution in [3.63, 3.8) is 0 Å². The maximum Gasteiger partial charge on any atom is 0.251 e. The largest absolute Gasteiger partial charge is 0.544 e. The Morgan fingerprint density at radius 2 is 1.70 bits per heavy atom. The number of aromatic nitrogens is 1. The highest BCUT2D eigenvalue weighted by molar-refractivity contribution is 7.15. The van der Waals surface area contributed by atoms with Crippen LogP contribution >= 0.6 is 11.3 Å². The lowest BCUT2D eigenvalue weighted by atomic mass is 9.81. The van der Waals surface area contributed by atoms with Crippen LogP contribution in [-0.2, 0) is 4.79 Å². The minimum atomic E-state index is -1.29. The van der Waals surface area contributed by atoms with Gasteiger partial charge in [0.1, 0.15) is 6.10 Å². The number of thiophene rings is 1. The highest BCUT2D eigenvalue weighted by atomic mass is 32.1. The number of carbonyl (C=O) groups is 3. The number of likely N-dealkylation sites (tertiary alicyclic amines) is 1. The molecule has 0 radical (unpaired) electrons. The normalized spacial score (nSPS) is 24.1. The number of rotatable bonds is 8. The van der Waals surface area contributed by atoms with E-state index in [-0.39, 0.29) is 46.2 Å². The highest BCUT2D eigenvalue weighted by Gasteiger charge is 2.37. The van der Waals surface area contributed by atoms with E-state index in [0.717, 1.165) is 63.0 Å². The van der Waals surface area contributed by atoms with E-state index >= 15 is 0 Å². The van der Waals surface area contributed by atoms with Gasteiger partial charge in [0.05, 0.1) is 21.4 Å². The molecule has 0 bridgehead atoms. The van der Waals surface area contributed by atoms with E-state index in [2.05, 4.69) is 41.0 Å². The van der Waals surface area contributed by atoms with Crippen LogP contribution in [-0.4, -0.2) is 66.0 Å². The minimum absolute atomic E-state index is 0.00175. The molecule has 2 aromatic rings. The fraction of sp³-hybridized carbons (Fsp3) is 0.622. The lowest BCUT2D eigenvalue weighted by molar-refractivity contribution is -0.254. The van der Waals surface area contributed by atoms with E-state index < -0.39 is 5.97 Å². The summed E-state index contributed by atoms with van der Waals surface area (Å²) in [5.74, 6) is 5.79. The zero-order chi connectivity index (χ0) is 33.7. The molecular formula is C37H49N4O5S-. The van der Waals surface area contributed by atoms with Crippen molar-refractivity contribution in [2.45, 2.75) is 110 Å². The van der Waals surface area contributed by atoms with Gasteiger partial charge in [0.15, 0.2) is 0 Å². The molecule has 1 N–H and O–H groups in total. The number of nitrogens with one attached hydrogen (secondary N) is 1. The van der Waals surface area contributed by atoms with Gasteiger partial charge in [0.2, 0.25) is 11.8 Å². The van der Waals surface area contributed by atoms with Crippen LogP contribution in [0.4, 0.5) is 5.69 Å². The van der Waals surface area contributed by atoms with E-state index in [1.165, 1.54) is 0 Å². The molecule has 2 aliphatic carbocycles. The molecule has 9 nitrogen and oxygen atoms in total. The average molecular weight is 662 g/mol. The maximum atomic E-state index is 14.2. The molecule has 0 aromatic carbocycles. The summed E-state index contributed by atoms with van der Waals surface area (Å²) in [5, 5.41) is 15.5. The Kier molecular flexibility index (Phi) is 11.3. The number of carboxylic acid groups (broad SMARTS) is 1. The van der Waals surface area contributed by atoms with E-state index in [9.17, 15) is 19.5 Å². The Morgan fingerprint density at radius 3 is 2.34 bits per heavy atom. The summed E-state index contributed by atoms with van der Waals surface area (Å²) >= 11 is 1.08. The molecule has 2 saturated carbocycles. The third-order valence-corrected chi connectivity index (χ3v) is 10.7. The number of pyridine rings is 1. The molecule has 3 fully saturated rings. The number of amides is 2. The summed E-state index contributed by atoms with van der Waals surface area (Å²) in [6.45, 7) is 10.2. The highest BCUT2D eigenvalue weighted by Crippen LogP contribution is 2.39. The van der Waals surface area contributed by atoms with Crippen LogP contribution < -0.4 is 20.1 Å². The molecule has 2 aromatic heterocycles. The summed E-state index contributed by atoms with van der Waals surface area (Å²) in [4.78, 5) is 48.7. The molecule has 3 heterocycles. The second-order valence-electron chi connectivity index (χ2n) is 14.8. The second-order valence-corrected chi connectivity index (χ2v) is 15.8. The first-order chi connectivity index (χ1) is 22.4. The second kappa shape index (κ2) is 15.2. The van der Waals surface area contributed by atoms with Gasteiger partial charge in [-0.05, 0) is 123 Å². The number of anilines is 1. The van der Waals surface area contributed by atoms with Gasteiger partial charge in [0.25, 0.3) is 5.91 Å². The number of hydrogen-bond acceptors (Lipinski definition) is 8. The summed E-state index contributed by atoms with van der Waals surface area (Å²) in [7, 11) is 2.09. The summed E-state index contributed by atoms with van der Waals surface area (Å²) in [6, 6.07) is 5.17. The Bertz CT molecular complexity index is 1480. The van der Waals surface area contributed by atoms with Crippen LogP contribution in [0.2, 0.25) is 0 Å². The SMILES string of the molecule is CC1CCC(C(=O)N(c2cc(C#CC(C)(C)C)sc2C(=O)[O-])C2CCC(Oc3cc(C(=O)NC4CCN(C)CC4)ccn3)CC2)CC1. The zero-order valence-corrected chi connectivity index (χ0v) is 29.3. The number of ether oxygens (including phenoxy) is 1. The first-order valence-corrected chi connectivity index (χ1v) is 18.0. The van der Waals surface area contributed by atoms with Crippen molar-refractivity contribution in [1.82, 2.24) is 15.2 Å². The zero-order valence-electron chi connectivity index (χ0n) is 28.5. The van der Waals surface area contributed by atoms with Gasteiger partial charge in [-0.15, -0.1) is 11.3 Å². The molecule has 10 heteroatoms. The smallest absolute Gasteiger partial charge is 0.251 e. The fourth-order valence-corrected chi connectivity index (χ4v) is 7.68. The number of nitrogens with zero attached hydrogens (tertiary/aromatic N) is 3. The molecule has 1 aliphatic heterocycles. The van der Waals surface area contributed by atoms with Crippen LogP contribution in [0, 0.1) is 29.1 Å².